The predicted molar refractivity (Wildman–Crippen MR) is 71.7 cm³/mol. The van der Waals surface area contributed by atoms with E-state index in [0.29, 0.717) is 0 Å². The molecule has 0 aliphatic carbocycles. The van der Waals surface area contributed by atoms with Crippen LogP contribution in [0.1, 0.15) is 46.0 Å². The highest BCUT2D eigenvalue weighted by atomic mass is 32.1. The van der Waals surface area contributed by atoms with Crippen molar-refractivity contribution in [3.63, 3.8) is 0 Å². The number of rotatable bonds is 6. The van der Waals surface area contributed by atoms with E-state index in [1.807, 2.05) is 0 Å². The summed E-state index contributed by atoms with van der Waals surface area (Å²) in [6.45, 7) is 8.54. The van der Waals surface area contributed by atoms with Crippen LogP contribution in [0, 0.1) is 11.8 Å². The fourth-order valence-electron chi connectivity index (χ4n) is 2.59. The molecule has 0 saturated carbocycles. The van der Waals surface area contributed by atoms with E-state index in [1.165, 1.54) is 51.7 Å². The lowest BCUT2D eigenvalue weighted by molar-refractivity contribution is 0.160. The van der Waals surface area contributed by atoms with Gasteiger partial charge in [-0.1, -0.05) is 26.7 Å². The third-order valence-corrected chi connectivity index (χ3v) is 4.27. The van der Waals surface area contributed by atoms with Crippen LogP contribution in [0.25, 0.3) is 0 Å². The molecule has 0 N–H and O–H groups in total. The summed E-state index contributed by atoms with van der Waals surface area (Å²) in [4.78, 5) is 2.66. The molecule has 0 bridgehead atoms. The lowest BCUT2D eigenvalue weighted by Gasteiger charge is -2.33. The molecule has 1 fully saturated rings. The molecular weight excluding hydrogens is 202 g/mol. The zero-order valence-corrected chi connectivity index (χ0v) is 11.3. The minimum absolute atomic E-state index is 0.816. The van der Waals surface area contributed by atoms with Crippen molar-refractivity contribution in [1.82, 2.24) is 4.90 Å². The van der Waals surface area contributed by atoms with Crippen molar-refractivity contribution in [3.05, 3.63) is 0 Å². The van der Waals surface area contributed by atoms with Crippen LogP contribution in [0.2, 0.25) is 0 Å². The van der Waals surface area contributed by atoms with Crippen molar-refractivity contribution in [2.75, 3.05) is 25.4 Å². The Hall–Kier alpha value is 0.310. The third kappa shape index (κ3) is 4.78. The second-order valence-electron chi connectivity index (χ2n) is 4.99. The van der Waals surface area contributed by atoms with Gasteiger partial charge in [-0.2, -0.15) is 12.6 Å². The van der Waals surface area contributed by atoms with Crippen LogP contribution in [-0.4, -0.2) is 30.3 Å². The third-order valence-electron chi connectivity index (χ3n) is 3.76. The number of hydrogen-bond acceptors (Lipinski definition) is 2. The van der Waals surface area contributed by atoms with Crippen molar-refractivity contribution in [2.45, 2.75) is 46.0 Å². The Morgan fingerprint density at radius 1 is 1.27 bits per heavy atom. The van der Waals surface area contributed by atoms with Crippen LogP contribution in [0.5, 0.6) is 0 Å². The average molecular weight is 229 g/mol. The molecule has 0 radical (unpaired) electrons. The van der Waals surface area contributed by atoms with Gasteiger partial charge in [0, 0.05) is 6.54 Å². The molecule has 1 rings (SSSR count). The van der Waals surface area contributed by atoms with Gasteiger partial charge >= 0.3 is 0 Å². The van der Waals surface area contributed by atoms with Gasteiger partial charge in [0.2, 0.25) is 0 Å². The molecule has 0 spiro atoms. The zero-order chi connectivity index (χ0) is 11.1. The lowest BCUT2D eigenvalue weighted by atomic mass is 9.93. The lowest BCUT2D eigenvalue weighted by Crippen LogP contribution is -2.37. The van der Waals surface area contributed by atoms with Gasteiger partial charge in [0.05, 0.1) is 0 Å². The molecule has 0 amide bonds. The predicted octanol–water partition coefficient (Wildman–Crippen LogP) is 3.45. The van der Waals surface area contributed by atoms with Gasteiger partial charge in [0.15, 0.2) is 0 Å². The Labute approximate surface area is 101 Å². The normalized spacial score (nSPS) is 21.8. The van der Waals surface area contributed by atoms with E-state index in [4.69, 9.17) is 0 Å². The number of piperidine rings is 1. The van der Waals surface area contributed by atoms with E-state index in [-0.39, 0.29) is 0 Å². The summed E-state index contributed by atoms with van der Waals surface area (Å²) in [5, 5.41) is 0. The van der Waals surface area contributed by atoms with Gasteiger partial charge in [-0.15, -0.1) is 0 Å². The highest BCUT2D eigenvalue weighted by Gasteiger charge is 2.19. The monoisotopic (exact) mass is 229 g/mol. The van der Waals surface area contributed by atoms with Gasteiger partial charge in [-0.3, -0.25) is 0 Å². The Morgan fingerprint density at radius 2 is 1.93 bits per heavy atom. The van der Waals surface area contributed by atoms with Crippen LogP contribution in [0.15, 0.2) is 0 Å². The average Bonchev–Trinajstić information content (AvgIpc) is 2.29. The van der Waals surface area contributed by atoms with Gasteiger partial charge in [0.1, 0.15) is 0 Å². The molecule has 1 saturated heterocycles. The molecule has 15 heavy (non-hydrogen) atoms. The highest BCUT2D eigenvalue weighted by molar-refractivity contribution is 7.80. The molecule has 1 aliphatic heterocycles. The first-order chi connectivity index (χ1) is 7.30. The fraction of sp³-hybridized carbons (Fsp3) is 1.00. The first-order valence-electron chi connectivity index (χ1n) is 6.63. The summed E-state index contributed by atoms with van der Waals surface area (Å²) in [6.07, 6.45) is 6.86. The second kappa shape index (κ2) is 7.56. The van der Waals surface area contributed by atoms with Crippen LogP contribution in [0.4, 0.5) is 0 Å². The highest BCUT2D eigenvalue weighted by Crippen LogP contribution is 2.21. The number of thiol groups is 1. The summed E-state index contributed by atoms with van der Waals surface area (Å²) in [5.41, 5.74) is 0. The quantitative estimate of drug-likeness (QED) is 0.683. The first-order valence-corrected chi connectivity index (χ1v) is 7.26. The summed E-state index contributed by atoms with van der Waals surface area (Å²) in [6, 6.07) is 0. The van der Waals surface area contributed by atoms with Crippen molar-refractivity contribution >= 4 is 12.6 Å². The van der Waals surface area contributed by atoms with E-state index >= 15 is 0 Å². The SMILES string of the molecule is CCCC(CS)CN1CCC(CC)CC1. The molecule has 1 atom stereocenters. The minimum atomic E-state index is 0.816. The van der Waals surface area contributed by atoms with Crippen LogP contribution >= 0.6 is 12.6 Å². The van der Waals surface area contributed by atoms with E-state index < -0.39 is 0 Å². The maximum absolute atomic E-state index is 4.46. The van der Waals surface area contributed by atoms with E-state index in [0.717, 1.165) is 17.6 Å². The van der Waals surface area contributed by atoms with Crippen molar-refractivity contribution in [2.24, 2.45) is 11.8 Å². The molecule has 1 heterocycles. The molecule has 0 aromatic carbocycles. The zero-order valence-electron chi connectivity index (χ0n) is 10.4. The molecule has 1 unspecified atom stereocenters. The summed E-state index contributed by atoms with van der Waals surface area (Å²) >= 11 is 4.46. The Balaban J connectivity index is 2.21. The molecular formula is C13H27NS. The van der Waals surface area contributed by atoms with E-state index in [1.54, 1.807) is 0 Å². The summed E-state index contributed by atoms with van der Waals surface area (Å²) < 4.78 is 0. The maximum Gasteiger partial charge on any atom is 0.00175 e. The maximum atomic E-state index is 4.46. The second-order valence-corrected chi connectivity index (χ2v) is 5.35. The van der Waals surface area contributed by atoms with Gasteiger partial charge in [-0.05, 0) is 49.9 Å². The van der Waals surface area contributed by atoms with E-state index in [9.17, 15) is 0 Å². The Kier molecular flexibility index (Phi) is 6.74. The molecule has 90 valence electrons. The Morgan fingerprint density at radius 3 is 2.40 bits per heavy atom. The molecule has 2 heteroatoms. The number of likely N-dealkylation sites (tertiary alicyclic amines) is 1. The van der Waals surface area contributed by atoms with Crippen molar-refractivity contribution in [1.29, 1.82) is 0 Å². The van der Waals surface area contributed by atoms with E-state index in [2.05, 4.69) is 31.4 Å². The fourth-order valence-corrected chi connectivity index (χ4v) is 2.89. The standard InChI is InChI=1S/C13H27NS/c1-3-5-13(11-15)10-14-8-6-12(4-2)7-9-14/h12-13,15H,3-11H2,1-2H3. The largest absolute Gasteiger partial charge is 0.303 e. The number of hydrogen-bond donors (Lipinski definition) is 1. The van der Waals surface area contributed by atoms with Gasteiger partial charge in [-0.25, -0.2) is 0 Å². The first kappa shape index (κ1) is 13.4. The van der Waals surface area contributed by atoms with Crippen LogP contribution in [-0.2, 0) is 0 Å². The van der Waals surface area contributed by atoms with Gasteiger partial charge in [0.25, 0.3) is 0 Å². The van der Waals surface area contributed by atoms with Crippen molar-refractivity contribution < 1.29 is 0 Å². The molecule has 1 aliphatic rings. The topological polar surface area (TPSA) is 3.24 Å². The molecule has 0 aromatic rings. The smallest absolute Gasteiger partial charge is 0.00175 e. The molecule has 1 nitrogen and oxygen atoms in total. The number of nitrogens with zero attached hydrogens (tertiary/aromatic N) is 1. The minimum Gasteiger partial charge on any atom is -0.303 e. The Bertz CT molecular complexity index is 153. The molecule has 0 aromatic heterocycles. The summed E-state index contributed by atoms with van der Waals surface area (Å²) in [5.74, 6) is 2.88. The van der Waals surface area contributed by atoms with Crippen molar-refractivity contribution in [3.8, 4) is 0 Å². The summed E-state index contributed by atoms with van der Waals surface area (Å²) in [7, 11) is 0. The van der Waals surface area contributed by atoms with Crippen LogP contribution < -0.4 is 0 Å². The van der Waals surface area contributed by atoms with Gasteiger partial charge < -0.3 is 4.90 Å². The van der Waals surface area contributed by atoms with Crippen LogP contribution in [0.3, 0.4) is 0 Å².